The molecule has 1 aliphatic heterocycles. The first-order chi connectivity index (χ1) is 9.73. The number of hydrogen-bond acceptors (Lipinski definition) is 5. The zero-order valence-electron chi connectivity index (χ0n) is 12.3. The van der Waals surface area contributed by atoms with E-state index in [1.54, 1.807) is 26.0 Å². The number of aryl methyl sites for hydroxylation is 1. The van der Waals surface area contributed by atoms with Crippen molar-refractivity contribution in [3.63, 3.8) is 0 Å². The molecule has 1 atom stereocenters. The summed E-state index contributed by atoms with van der Waals surface area (Å²) in [6.45, 7) is 3.48. The lowest BCUT2D eigenvalue weighted by Gasteiger charge is -2.24. The van der Waals surface area contributed by atoms with Gasteiger partial charge in [0.1, 0.15) is 0 Å². The minimum Gasteiger partial charge on any atom is -0.481 e. The Balaban J connectivity index is 2.02. The van der Waals surface area contributed by atoms with Crippen molar-refractivity contribution in [2.75, 3.05) is 23.9 Å². The summed E-state index contributed by atoms with van der Waals surface area (Å²) >= 11 is 0. The first-order valence-corrected chi connectivity index (χ1v) is 8.36. The lowest BCUT2D eigenvalue weighted by atomic mass is 10.0. The number of methoxy groups -OCH3 is 1. The minimum atomic E-state index is -3.06. The van der Waals surface area contributed by atoms with Gasteiger partial charge in [-0.3, -0.25) is 0 Å². The van der Waals surface area contributed by atoms with Crippen LogP contribution in [-0.4, -0.2) is 43.6 Å². The molecule has 1 aromatic heterocycles. The minimum absolute atomic E-state index is 0.0345. The monoisotopic (exact) mass is 313 g/mol. The molecule has 1 unspecified atom stereocenters. The SMILES string of the molecule is COc1ccc(NC(=O)NC2(C)CCS(=O)(=O)C2)c(C)n1. The molecule has 0 aliphatic carbocycles. The van der Waals surface area contributed by atoms with E-state index in [0.29, 0.717) is 23.7 Å². The van der Waals surface area contributed by atoms with Crippen molar-refractivity contribution in [2.24, 2.45) is 0 Å². The van der Waals surface area contributed by atoms with Crippen LogP contribution in [0, 0.1) is 6.92 Å². The fraction of sp³-hybridized carbons (Fsp3) is 0.538. The molecule has 2 rings (SSSR count). The molecule has 1 aliphatic rings. The fourth-order valence-corrected chi connectivity index (χ4v) is 4.41. The highest BCUT2D eigenvalue weighted by atomic mass is 32.2. The van der Waals surface area contributed by atoms with Crippen LogP contribution in [0.25, 0.3) is 0 Å². The highest BCUT2D eigenvalue weighted by Crippen LogP contribution is 2.23. The maximum Gasteiger partial charge on any atom is 0.319 e. The molecule has 1 fully saturated rings. The Labute approximate surface area is 124 Å². The smallest absolute Gasteiger partial charge is 0.319 e. The Morgan fingerprint density at radius 2 is 2.14 bits per heavy atom. The molecule has 0 aromatic carbocycles. The number of carbonyl (C=O) groups excluding carboxylic acids is 1. The van der Waals surface area contributed by atoms with Gasteiger partial charge in [-0.05, 0) is 26.3 Å². The van der Waals surface area contributed by atoms with Gasteiger partial charge in [0.15, 0.2) is 9.84 Å². The van der Waals surface area contributed by atoms with Gasteiger partial charge in [-0.1, -0.05) is 0 Å². The Morgan fingerprint density at radius 3 is 2.67 bits per heavy atom. The number of pyridine rings is 1. The normalized spacial score (nSPS) is 23.6. The average molecular weight is 313 g/mol. The molecular weight excluding hydrogens is 294 g/mol. The standard InChI is InChI=1S/C13H19N3O4S/c1-9-10(4-5-11(14-9)20-3)15-12(17)16-13(2)6-7-21(18,19)8-13/h4-5H,6-8H2,1-3H3,(H2,15,16,17). The zero-order chi connectivity index (χ0) is 15.7. The number of rotatable bonds is 3. The number of aromatic nitrogens is 1. The Kier molecular flexibility index (Phi) is 4.08. The third kappa shape index (κ3) is 3.84. The molecule has 2 N–H and O–H groups in total. The van der Waals surface area contributed by atoms with Crippen LogP contribution in [0.3, 0.4) is 0 Å². The third-order valence-electron chi connectivity index (χ3n) is 3.44. The number of anilines is 1. The molecule has 1 aromatic rings. The first kappa shape index (κ1) is 15.6. The van der Waals surface area contributed by atoms with Crippen molar-refractivity contribution in [1.29, 1.82) is 0 Å². The molecule has 0 radical (unpaired) electrons. The van der Waals surface area contributed by atoms with Gasteiger partial charge in [0.2, 0.25) is 5.88 Å². The second kappa shape index (κ2) is 5.51. The molecule has 0 saturated carbocycles. The zero-order valence-corrected chi connectivity index (χ0v) is 13.1. The van der Waals surface area contributed by atoms with Gasteiger partial charge in [-0.25, -0.2) is 18.2 Å². The summed E-state index contributed by atoms with van der Waals surface area (Å²) in [7, 11) is -1.54. The maximum atomic E-state index is 12.0. The highest BCUT2D eigenvalue weighted by Gasteiger charge is 2.39. The second-order valence-electron chi connectivity index (χ2n) is 5.47. The number of urea groups is 1. The molecule has 1 saturated heterocycles. The summed E-state index contributed by atoms with van der Waals surface area (Å²) in [5, 5.41) is 5.40. The summed E-state index contributed by atoms with van der Waals surface area (Å²) in [6, 6.07) is 2.89. The van der Waals surface area contributed by atoms with Crippen LogP contribution in [0.5, 0.6) is 5.88 Å². The summed E-state index contributed by atoms with van der Waals surface area (Å²) in [4.78, 5) is 16.2. The van der Waals surface area contributed by atoms with E-state index in [0.717, 1.165) is 0 Å². The van der Waals surface area contributed by atoms with Gasteiger partial charge in [-0.15, -0.1) is 0 Å². The molecule has 116 valence electrons. The van der Waals surface area contributed by atoms with Gasteiger partial charge in [0.25, 0.3) is 0 Å². The van der Waals surface area contributed by atoms with E-state index >= 15 is 0 Å². The van der Waals surface area contributed by atoms with E-state index in [-0.39, 0.29) is 11.5 Å². The molecule has 8 heteroatoms. The number of nitrogens with zero attached hydrogens (tertiary/aromatic N) is 1. The van der Waals surface area contributed by atoms with Crippen LogP contribution < -0.4 is 15.4 Å². The van der Waals surface area contributed by atoms with Gasteiger partial charge in [0.05, 0.1) is 35.5 Å². The van der Waals surface area contributed by atoms with Crippen molar-refractivity contribution < 1.29 is 17.9 Å². The van der Waals surface area contributed by atoms with E-state index in [1.807, 2.05) is 0 Å². The number of sulfone groups is 1. The number of amides is 2. The van der Waals surface area contributed by atoms with E-state index in [2.05, 4.69) is 15.6 Å². The van der Waals surface area contributed by atoms with Gasteiger partial charge < -0.3 is 15.4 Å². The summed E-state index contributed by atoms with van der Waals surface area (Å²) < 4.78 is 28.0. The van der Waals surface area contributed by atoms with Crippen molar-refractivity contribution in [3.05, 3.63) is 17.8 Å². The molecule has 0 spiro atoms. The summed E-state index contributed by atoms with van der Waals surface area (Å²) in [6.07, 6.45) is 0.419. The van der Waals surface area contributed by atoms with Crippen LogP contribution in [0.4, 0.5) is 10.5 Å². The van der Waals surface area contributed by atoms with Crippen molar-refractivity contribution in [3.8, 4) is 5.88 Å². The summed E-state index contributed by atoms with van der Waals surface area (Å²) in [5.74, 6) is 0.535. The van der Waals surface area contributed by atoms with Crippen LogP contribution in [-0.2, 0) is 9.84 Å². The van der Waals surface area contributed by atoms with Crippen molar-refractivity contribution in [2.45, 2.75) is 25.8 Å². The maximum absolute atomic E-state index is 12.0. The molecular formula is C13H19N3O4S. The van der Waals surface area contributed by atoms with E-state index in [1.165, 1.54) is 7.11 Å². The Bertz CT molecular complexity index is 659. The lowest BCUT2D eigenvalue weighted by molar-refractivity contribution is 0.242. The van der Waals surface area contributed by atoms with Crippen LogP contribution in [0.1, 0.15) is 19.0 Å². The number of nitrogens with one attached hydrogen (secondary N) is 2. The largest absolute Gasteiger partial charge is 0.481 e. The number of ether oxygens (including phenoxy) is 1. The fourth-order valence-electron chi connectivity index (χ4n) is 2.32. The molecule has 2 amide bonds. The Morgan fingerprint density at radius 1 is 1.43 bits per heavy atom. The Hall–Kier alpha value is -1.83. The van der Waals surface area contributed by atoms with Crippen LogP contribution in [0.2, 0.25) is 0 Å². The first-order valence-electron chi connectivity index (χ1n) is 6.54. The van der Waals surface area contributed by atoms with Crippen molar-refractivity contribution >= 4 is 21.6 Å². The summed E-state index contributed by atoms with van der Waals surface area (Å²) in [5.41, 5.74) is 0.447. The van der Waals surface area contributed by atoms with E-state index < -0.39 is 21.4 Å². The van der Waals surface area contributed by atoms with Crippen LogP contribution >= 0.6 is 0 Å². The topological polar surface area (TPSA) is 97.4 Å². The van der Waals surface area contributed by atoms with Gasteiger partial charge >= 0.3 is 6.03 Å². The molecule has 2 heterocycles. The average Bonchev–Trinajstić information content (AvgIpc) is 2.65. The van der Waals surface area contributed by atoms with E-state index in [9.17, 15) is 13.2 Å². The quantitative estimate of drug-likeness (QED) is 0.871. The predicted octanol–water partition coefficient (Wildman–Crippen LogP) is 1.10. The third-order valence-corrected chi connectivity index (χ3v) is 5.34. The number of carbonyl (C=O) groups is 1. The van der Waals surface area contributed by atoms with Crippen molar-refractivity contribution in [1.82, 2.24) is 10.3 Å². The van der Waals surface area contributed by atoms with E-state index in [4.69, 9.17) is 4.74 Å². The van der Waals surface area contributed by atoms with Gasteiger partial charge in [-0.2, -0.15) is 0 Å². The molecule has 0 bridgehead atoms. The lowest BCUT2D eigenvalue weighted by Crippen LogP contribution is -2.48. The van der Waals surface area contributed by atoms with Gasteiger partial charge in [0, 0.05) is 6.07 Å². The highest BCUT2D eigenvalue weighted by molar-refractivity contribution is 7.91. The molecule has 7 nitrogen and oxygen atoms in total. The molecule has 21 heavy (non-hydrogen) atoms. The van der Waals surface area contributed by atoms with Crippen LogP contribution in [0.15, 0.2) is 12.1 Å². The number of hydrogen-bond donors (Lipinski definition) is 2. The predicted molar refractivity (Wildman–Crippen MR) is 79.4 cm³/mol. The second-order valence-corrected chi connectivity index (χ2v) is 7.65.